The van der Waals surface area contributed by atoms with Crippen molar-refractivity contribution in [1.29, 1.82) is 0 Å². The van der Waals surface area contributed by atoms with Gasteiger partial charge in [0.1, 0.15) is 5.75 Å². The van der Waals surface area contributed by atoms with Crippen molar-refractivity contribution in [2.45, 2.75) is 93.3 Å². The zero-order valence-electron chi connectivity index (χ0n) is 27.6. The van der Waals surface area contributed by atoms with Crippen molar-refractivity contribution < 1.29 is 32.2 Å². The van der Waals surface area contributed by atoms with Crippen LogP contribution in [0.1, 0.15) is 85.7 Å². The molecule has 1 spiro atoms. The van der Waals surface area contributed by atoms with Crippen molar-refractivity contribution in [3.8, 4) is 5.75 Å². The minimum absolute atomic E-state index is 0.0713. The van der Waals surface area contributed by atoms with Crippen molar-refractivity contribution in [2.75, 3.05) is 38.9 Å². The van der Waals surface area contributed by atoms with Gasteiger partial charge in [-0.3, -0.25) is 4.79 Å². The molecule has 1 saturated carbocycles. The van der Waals surface area contributed by atoms with Crippen molar-refractivity contribution in [3.63, 3.8) is 0 Å². The first-order valence-corrected chi connectivity index (χ1v) is 18.9. The maximum absolute atomic E-state index is 13.8. The van der Waals surface area contributed by atoms with Gasteiger partial charge >= 0.3 is 0 Å². The molecular weight excluding hydrogens is 616 g/mol. The summed E-state index contributed by atoms with van der Waals surface area (Å²) in [5.74, 6) is -0.766. The van der Waals surface area contributed by atoms with Gasteiger partial charge in [0.05, 0.1) is 23.6 Å². The van der Waals surface area contributed by atoms with E-state index in [1.807, 2.05) is 0 Å². The van der Waals surface area contributed by atoms with Gasteiger partial charge in [0.2, 0.25) is 10.0 Å². The Morgan fingerprint density at radius 3 is 2.64 bits per heavy atom. The van der Waals surface area contributed by atoms with Gasteiger partial charge < -0.3 is 23.8 Å². The third-order valence-electron chi connectivity index (χ3n) is 11.5. The Morgan fingerprint density at radius 1 is 1.02 bits per heavy atom. The summed E-state index contributed by atoms with van der Waals surface area (Å²) >= 11 is 0. The molecule has 254 valence electrons. The maximum atomic E-state index is 13.8. The molecule has 9 nitrogen and oxygen atoms in total. The Balaban J connectivity index is 1.33. The standard InChI is InChI=1S/C37H48N2O7S/c1-43-37(44-2)32-18-16-27(32)10-4-3-5-14-30(23-29-13-9-21-45-29)47(41,42)38-35(40)28-17-19-34-33(22-28)39(37)24-36(25-46-34)20-8-12-26-11-6-7-15-31(26)36/h3-4,6-7,11,15,17,19,22,27,29-30,32H,5,8-10,12-14,16,18,20-21,23-25H2,1-2H3,(H,38,40)/b4-3-/t27?,29-,30?,32?,36?/m0/s1. The van der Waals surface area contributed by atoms with Crippen LogP contribution in [0.5, 0.6) is 5.75 Å². The van der Waals surface area contributed by atoms with Crippen LogP contribution in [-0.2, 0) is 36.1 Å². The number of fused-ring (bicyclic) bond motifs is 4. The number of nitrogens with zero attached hydrogens (tertiary/aromatic N) is 1. The maximum Gasteiger partial charge on any atom is 0.264 e. The highest BCUT2D eigenvalue weighted by Crippen LogP contribution is 2.53. The summed E-state index contributed by atoms with van der Waals surface area (Å²) in [5.41, 5.74) is 3.19. The van der Waals surface area contributed by atoms with Crippen LogP contribution in [0.4, 0.5) is 5.69 Å². The quantitative estimate of drug-likeness (QED) is 0.320. The third-order valence-corrected chi connectivity index (χ3v) is 13.3. The van der Waals surface area contributed by atoms with Crippen LogP contribution in [0, 0.1) is 11.8 Å². The minimum Gasteiger partial charge on any atom is -0.490 e. The van der Waals surface area contributed by atoms with Crippen LogP contribution < -0.4 is 14.4 Å². The number of ether oxygens (including phenoxy) is 4. The molecule has 3 aliphatic heterocycles. The predicted molar refractivity (Wildman–Crippen MR) is 180 cm³/mol. The summed E-state index contributed by atoms with van der Waals surface area (Å²) in [7, 11) is -0.571. The minimum atomic E-state index is -3.98. The summed E-state index contributed by atoms with van der Waals surface area (Å²) in [6.45, 7) is 1.68. The molecule has 2 aromatic rings. The molecule has 0 aromatic heterocycles. The van der Waals surface area contributed by atoms with Gasteiger partial charge in [-0.25, -0.2) is 13.1 Å². The van der Waals surface area contributed by atoms with Gasteiger partial charge in [0.15, 0.2) is 0 Å². The Labute approximate surface area is 279 Å². The largest absolute Gasteiger partial charge is 0.490 e. The molecule has 0 radical (unpaired) electrons. The second kappa shape index (κ2) is 13.2. The highest BCUT2D eigenvalue weighted by Gasteiger charge is 2.56. The topological polar surface area (TPSA) is 103 Å². The number of rotatable bonds is 4. The molecule has 1 amide bonds. The predicted octanol–water partition coefficient (Wildman–Crippen LogP) is 5.87. The van der Waals surface area contributed by atoms with Gasteiger partial charge in [0.25, 0.3) is 11.8 Å². The van der Waals surface area contributed by atoms with Crippen molar-refractivity contribution in [2.24, 2.45) is 11.8 Å². The molecule has 4 unspecified atom stereocenters. The van der Waals surface area contributed by atoms with E-state index in [-0.39, 0.29) is 23.0 Å². The summed E-state index contributed by atoms with van der Waals surface area (Å²) in [6, 6.07) is 13.8. The lowest BCUT2D eigenvalue weighted by Gasteiger charge is -2.55. The van der Waals surface area contributed by atoms with E-state index in [0.717, 1.165) is 51.4 Å². The lowest BCUT2D eigenvalue weighted by Crippen LogP contribution is -2.64. The molecule has 47 heavy (non-hydrogen) atoms. The van der Waals surface area contributed by atoms with Gasteiger partial charge in [-0.1, -0.05) is 36.4 Å². The fourth-order valence-corrected chi connectivity index (χ4v) is 10.3. The van der Waals surface area contributed by atoms with Gasteiger partial charge in [-0.15, -0.1) is 0 Å². The lowest BCUT2D eigenvalue weighted by molar-refractivity contribution is -0.267. The fraction of sp³-hybridized carbons (Fsp3) is 0.595. The molecule has 2 fully saturated rings. The Morgan fingerprint density at radius 2 is 1.87 bits per heavy atom. The normalized spacial score (nSPS) is 32.2. The molecular formula is C37H48N2O7S. The second-order valence-electron chi connectivity index (χ2n) is 14.1. The number of carbonyl (C=O) groups is 1. The Hall–Kier alpha value is -2.92. The number of anilines is 1. The summed E-state index contributed by atoms with van der Waals surface area (Å²) < 4.78 is 55.4. The number of hydrogen-bond acceptors (Lipinski definition) is 8. The average Bonchev–Trinajstić information content (AvgIpc) is 3.53. The monoisotopic (exact) mass is 664 g/mol. The number of aryl methyl sites for hydroxylation is 1. The van der Waals surface area contributed by atoms with Gasteiger partial charge in [0, 0.05) is 44.3 Å². The molecule has 2 bridgehead atoms. The second-order valence-corrected chi connectivity index (χ2v) is 16.0. The smallest absolute Gasteiger partial charge is 0.264 e. The van der Waals surface area contributed by atoms with Crippen LogP contribution >= 0.6 is 0 Å². The molecule has 2 aromatic carbocycles. The van der Waals surface area contributed by atoms with E-state index in [9.17, 15) is 13.2 Å². The highest BCUT2D eigenvalue weighted by atomic mass is 32.2. The van der Waals surface area contributed by atoms with E-state index in [4.69, 9.17) is 18.9 Å². The van der Waals surface area contributed by atoms with E-state index >= 15 is 0 Å². The molecule has 10 heteroatoms. The zero-order valence-corrected chi connectivity index (χ0v) is 28.4. The number of nitrogens with one attached hydrogen (secondary N) is 1. The van der Waals surface area contributed by atoms with Gasteiger partial charge in [-0.2, -0.15) is 0 Å². The first kappa shape index (κ1) is 32.6. The molecule has 7 rings (SSSR count). The Bertz CT molecular complexity index is 1600. The van der Waals surface area contributed by atoms with Gasteiger partial charge in [-0.05, 0) is 106 Å². The molecule has 3 heterocycles. The Kier molecular flexibility index (Phi) is 9.15. The van der Waals surface area contributed by atoms with Crippen LogP contribution in [0.2, 0.25) is 0 Å². The van der Waals surface area contributed by atoms with Crippen LogP contribution in [0.25, 0.3) is 0 Å². The number of methoxy groups -OCH3 is 2. The number of sulfonamides is 1. The number of carbonyl (C=O) groups excluding carboxylic acids is 1. The number of allylic oxidation sites excluding steroid dienone is 2. The first-order valence-electron chi connectivity index (χ1n) is 17.3. The first-order chi connectivity index (χ1) is 22.8. The third kappa shape index (κ3) is 6.00. The van der Waals surface area contributed by atoms with Crippen LogP contribution in [-0.4, -0.2) is 65.6 Å². The molecule has 2 aliphatic carbocycles. The average molecular weight is 665 g/mol. The van der Waals surface area contributed by atoms with Crippen molar-refractivity contribution >= 4 is 21.6 Å². The summed E-state index contributed by atoms with van der Waals surface area (Å²) in [6.07, 6.45) is 13.2. The highest BCUT2D eigenvalue weighted by molar-refractivity contribution is 7.90. The molecule has 1 N–H and O–H groups in total. The van der Waals surface area contributed by atoms with Crippen molar-refractivity contribution in [3.05, 3.63) is 71.3 Å². The summed E-state index contributed by atoms with van der Waals surface area (Å²) in [4.78, 5) is 16.0. The van der Waals surface area contributed by atoms with Crippen LogP contribution in [0.15, 0.2) is 54.6 Å². The fourth-order valence-electron chi connectivity index (χ4n) is 8.84. The molecule has 1 saturated heterocycles. The van der Waals surface area contributed by atoms with E-state index in [2.05, 4.69) is 46.0 Å². The number of hydrogen-bond donors (Lipinski definition) is 1. The zero-order chi connectivity index (χ0) is 32.6. The number of amides is 1. The van der Waals surface area contributed by atoms with E-state index in [1.54, 1.807) is 32.4 Å². The van der Waals surface area contributed by atoms with Crippen molar-refractivity contribution in [1.82, 2.24) is 4.72 Å². The summed E-state index contributed by atoms with van der Waals surface area (Å²) in [5, 5.41) is -0.731. The number of benzene rings is 2. The van der Waals surface area contributed by atoms with E-state index < -0.39 is 27.1 Å². The SMILES string of the molecule is COC1(OC)C2CCC2C/C=C\CCC(C[C@@H]2CCCO2)S(=O)(=O)NC(=O)c2ccc3c(c2)N1CC1(CCCc2ccccc21)CO3. The lowest BCUT2D eigenvalue weighted by atomic mass is 9.67. The van der Waals surface area contributed by atoms with E-state index in [1.165, 1.54) is 11.1 Å². The molecule has 5 aliphatic rings. The van der Waals surface area contributed by atoms with E-state index in [0.29, 0.717) is 56.4 Å². The molecule has 5 atom stereocenters. The van der Waals surface area contributed by atoms with Crippen LogP contribution in [0.3, 0.4) is 0 Å².